The average molecular weight is 351 g/mol. The third kappa shape index (κ3) is 3.44. The molecule has 1 aliphatic heterocycles. The van der Waals surface area contributed by atoms with Gasteiger partial charge >= 0.3 is 0 Å². The number of rotatable bonds is 4. The molecule has 0 bridgehead atoms. The minimum absolute atomic E-state index is 0.0000985. The van der Waals surface area contributed by atoms with E-state index in [9.17, 15) is 4.79 Å². The standard InChI is InChI=1S/C21H25N3O2/c1-15-10-16(2)12-23(11-15)14-20-22-19-8-4-3-7-18(19)21(25)24(20)13-17-6-5-9-26-17/h3-9,15-16H,10-14H2,1-2H3/t15-,16+. The molecule has 1 aliphatic rings. The fourth-order valence-corrected chi connectivity index (χ4v) is 4.18. The summed E-state index contributed by atoms with van der Waals surface area (Å²) in [7, 11) is 0. The van der Waals surface area contributed by atoms with E-state index in [0.29, 0.717) is 30.3 Å². The molecule has 5 nitrogen and oxygen atoms in total. The van der Waals surface area contributed by atoms with Crippen LogP contribution in [0.1, 0.15) is 31.9 Å². The highest BCUT2D eigenvalue weighted by molar-refractivity contribution is 5.77. The normalized spacial score (nSPS) is 21.3. The Kier molecular flexibility index (Phi) is 4.64. The van der Waals surface area contributed by atoms with Crippen LogP contribution in [0.3, 0.4) is 0 Å². The Morgan fingerprint density at radius 3 is 2.58 bits per heavy atom. The third-order valence-electron chi connectivity index (χ3n) is 5.14. The van der Waals surface area contributed by atoms with Gasteiger partial charge in [-0.1, -0.05) is 26.0 Å². The number of fused-ring (bicyclic) bond motifs is 1. The molecular formula is C21H25N3O2. The van der Waals surface area contributed by atoms with Crippen molar-refractivity contribution in [1.82, 2.24) is 14.5 Å². The highest BCUT2D eigenvalue weighted by atomic mass is 16.3. The Labute approximate surface area is 153 Å². The van der Waals surface area contributed by atoms with Gasteiger partial charge < -0.3 is 4.42 Å². The molecule has 2 atom stereocenters. The Morgan fingerprint density at radius 2 is 1.85 bits per heavy atom. The zero-order chi connectivity index (χ0) is 18.1. The molecule has 3 heterocycles. The molecule has 0 saturated carbocycles. The number of nitrogens with zero attached hydrogens (tertiary/aromatic N) is 3. The molecule has 0 spiro atoms. The summed E-state index contributed by atoms with van der Waals surface area (Å²) in [5.41, 5.74) is 0.765. The SMILES string of the molecule is C[C@@H]1C[C@H](C)CN(Cc2nc3ccccc3c(=O)n2Cc2ccco2)C1. The highest BCUT2D eigenvalue weighted by Crippen LogP contribution is 2.22. The molecule has 5 heteroatoms. The summed E-state index contributed by atoms with van der Waals surface area (Å²) in [6.07, 6.45) is 2.91. The predicted octanol–water partition coefficient (Wildman–Crippen LogP) is 3.52. The van der Waals surface area contributed by atoms with Crippen LogP contribution in [0.2, 0.25) is 0 Å². The molecule has 0 aliphatic carbocycles. The molecule has 4 rings (SSSR count). The van der Waals surface area contributed by atoms with Gasteiger partial charge in [-0.05, 0) is 42.5 Å². The number of hydrogen-bond donors (Lipinski definition) is 0. The minimum atomic E-state index is 0.0000985. The maximum atomic E-state index is 13.1. The number of aromatic nitrogens is 2. The molecule has 0 amide bonds. The van der Waals surface area contributed by atoms with Crippen molar-refractivity contribution in [3.63, 3.8) is 0 Å². The van der Waals surface area contributed by atoms with Crippen molar-refractivity contribution in [1.29, 1.82) is 0 Å². The number of para-hydroxylation sites is 1. The molecule has 3 aromatic rings. The van der Waals surface area contributed by atoms with Gasteiger partial charge in [0.1, 0.15) is 11.6 Å². The topological polar surface area (TPSA) is 51.3 Å². The van der Waals surface area contributed by atoms with Crippen LogP contribution in [0.25, 0.3) is 10.9 Å². The van der Waals surface area contributed by atoms with E-state index < -0.39 is 0 Å². The Bertz CT molecular complexity index is 936. The van der Waals surface area contributed by atoms with Crippen LogP contribution in [-0.2, 0) is 13.1 Å². The lowest BCUT2D eigenvalue weighted by atomic mass is 9.92. The lowest BCUT2D eigenvalue weighted by Crippen LogP contribution is -2.40. The monoisotopic (exact) mass is 351 g/mol. The molecule has 26 heavy (non-hydrogen) atoms. The van der Waals surface area contributed by atoms with Crippen LogP contribution >= 0.6 is 0 Å². The fourth-order valence-electron chi connectivity index (χ4n) is 4.18. The number of hydrogen-bond acceptors (Lipinski definition) is 4. The lowest BCUT2D eigenvalue weighted by Gasteiger charge is -2.35. The van der Waals surface area contributed by atoms with Crippen LogP contribution < -0.4 is 5.56 Å². The van der Waals surface area contributed by atoms with Crippen molar-refractivity contribution in [3.05, 3.63) is 64.6 Å². The second kappa shape index (κ2) is 7.08. The predicted molar refractivity (Wildman–Crippen MR) is 102 cm³/mol. The van der Waals surface area contributed by atoms with Crippen LogP contribution in [0, 0.1) is 11.8 Å². The van der Waals surface area contributed by atoms with E-state index in [1.165, 1.54) is 6.42 Å². The maximum absolute atomic E-state index is 13.1. The average Bonchev–Trinajstić information content (AvgIpc) is 3.11. The first kappa shape index (κ1) is 17.0. The van der Waals surface area contributed by atoms with Gasteiger partial charge in [-0.2, -0.15) is 0 Å². The van der Waals surface area contributed by atoms with Crippen molar-refractivity contribution < 1.29 is 4.42 Å². The van der Waals surface area contributed by atoms with Crippen LogP contribution in [-0.4, -0.2) is 27.5 Å². The summed E-state index contributed by atoms with van der Waals surface area (Å²) in [6.45, 7) is 7.80. The number of furan rings is 1. The molecule has 1 aromatic carbocycles. The maximum Gasteiger partial charge on any atom is 0.261 e. The Morgan fingerprint density at radius 1 is 1.08 bits per heavy atom. The van der Waals surface area contributed by atoms with Gasteiger partial charge in [0, 0.05) is 13.1 Å². The van der Waals surface area contributed by atoms with Crippen molar-refractivity contribution in [2.24, 2.45) is 11.8 Å². The van der Waals surface area contributed by atoms with Gasteiger partial charge in [-0.3, -0.25) is 14.3 Å². The number of piperidine rings is 1. The Hall–Kier alpha value is -2.40. The van der Waals surface area contributed by atoms with Gasteiger partial charge in [0.2, 0.25) is 0 Å². The summed E-state index contributed by atoms with van der Waals surface area (Å²) in [6, 6.07) is 11.3. The number of likely N-dealkylation sites (tertiary alicyclic amines) is 1. The summed E-state index contributed by atoms with van der Waals surface area (Å²) in [4.78, 5) is 20.4. The van der Waals surface area contributed by atoms with Gasteiger partial charge in [-0.25, -0.2) is 4.98 Å². The first-order valence-corrected chi connectivity index (χ1v) is 9.33. The molecule has 2 aromatic heterocycles. The van der Waals surface area contributed by atoms with Gasteiger partial charge in [-0.15, -0.1) is 0 Å². The van der Waals surface area contributed by atoms with Crippen molar-refractivity contribution >= 4 is 10.9 Å². The quantitative estimate of drug-likeness (QED) is 0.722. The van der Waals surface area contributed by atoms with Crippen molar-refractivity contribution in [2.75, 3.05) is 13.1 Å². The van der Waals surface area contributed by atoms with Gasteiger partial charge in [0.15, 0.2) is 0 Å². The summed E-state index contributed by atoms with van der Waals surface area (Å²) in [5, 5.41) is 0.656. The van der Waals surface area contributed by atoms with Crippen LogP contribution in [0.15, 0.2) is 51.9 Å². The van der Waals surface area contributed by atoms with Gasteiger partial charge in [0.05, 0.1) is 30.3 Å². The van der Waals surface area contributed by atoms with Crippen molar-refractivity contribution in [2.45, 2.75) is 33.4 Å². The molecule has 0 unspecified atom stereocenters. The van der Waals surface area contributed by atoms with Crippen LogP contribution in [0.4, 0.5) is 0 Å². The highest BCUT2D eigenvalue weighted by Gasteiger charge is 2.23. The summed E-state index contributed by atoms with van der Waals surface area (Å²) >= 11 is 0. The van der Waals surface area contributed by atoms with E-state index in [4.69, 9.17) is 9.40 Å². The number of benzene rings is 1. The van der Waals surface area contributed by atoms with Crippen LogP contribution in [0.5, 0.6) is 0 Å². The third-order valence-corrected chi connectivity index (χ3v) is 5.14. The van der Waals surface area contributed by atoms with E-state index in [0.717, 1.165) is 30.2 Å². The first-order valence-electron chi connectivity index (χ1n) is 9.33. The smallest absolute Gasteiger partial charge is 0.261 e. The lowest BCUT2D eigenvalue weighted by molar-refractivity contribution is 0.129. The fraction of sp³-hybridized carbons (Fsp3) is 0.429. The zero-order valence-electron chi connectivity index (χ0n) is 15.4. The second-order valence-electron chi connectivity index (χ2n) is 7.66. The Balaban J connectivity index is 1.75. The molecule has 0 radical (unpaired) electrons. The molecule has 0 N–H and O–H groups in total. The largest absolute Gasteiger partial charge is 0.467 e. The van der Waals surface area contributed by atoms with E-state index in [1.807, 2.05) is 36.4 Å². The van der Waals surface area contributed by atoms with Gasteiger partial charge in [0.25, 0.3) is 5.56 Å². The first-order chi connectivity index (χ1) is 12.6. The molecule has 136 valence electrons. The summed E-state index contributed by atoms with van der Waals surface area (Å²) < 4.78 is 7.25. The second-order valence-corrected chi connectivity index (χ2v) is 7.66. The van der Waals surface area contributed by atoms with E-state index in [1.54, 1.807) is 10.8 Å². The minimum Gasteiger partial charge on any atom is -0.467 e. The van der Waals surface area contributed by atoms with E-state index in [-0.39, 0.29) is 5.56 Å². The molecule has 1 saturated heterocycles. The summed E-state index contributed by atoms with van der Waals surface area (Å²) in [5.74, 6) is 2.92. The van der Waals surface area contributed by atoms with Crippen molar-refractivity contribution in [3.8, 4) is 0 Å². The zero-order valence-corrected chi connectivity index (χ0v) is 15.4. The van der Waals surface area contributed by atoms with E-state index in [2.05, 4.69) is 18.7 Å². The molecular weight excluding hydrogens is 326 g/mol. The van der Waals surface area contributed by atoms with E-state index >= 15 is 0 Å². The molecule has 1 fully saturated rings.